The number of likely N-dealkylation sites (tertiary alicyclic amines) is 1. The molecule has 1 N–H and O–H groups in total. The number of benzene rings is 1. The number of carbonyl (C=O) groups is 3. The SMILES string of the molecule is CCC(=O)N1CCCC(C(=O)OCC(=O)Nc2ccccc2S(=O)(=O)N(C)C2CCCCC2)C1. The first-order valence-electron chi connectivity index (χ1n) is 12.0. The molecule has 1 saturated carbocycles. The third kappa shape index (κ3) is 6.35. The van der Waals surface area contributed by atoms with E-state index in [-0.39, 0.29) is 22.5 Å². The molecule has 0 bridgehead atoms. The van der Waals surface area contributed by atoms with Crippen LogP contribution in [0.25, 0.3) is 0 Å². The molecule has 10 heteroatoms. The molecule has 34 heavy (non-hydrogen) atoms. The van der Waals surface area contributed by atoms with Crippen LogP contribution in [-0.4, -0.2) is 68.2 Å². The lowest BCUT2D eigenvalue weighted by Gasteiger charge is -2.31. The van der Waals surface area contributed by atoms with Gasteiger partial charge in [-0.05, 0) is 37.8 Å². The Hall–Kier alpha value is -2.46. The summed E-state index contributed by atoms with van der Waals surface area (Å²) >= 11 is 0. The molecular formula is C24H35N3O6S. The van der Waals surface area contributed by atoms with Gasteiger partial charge in [0.1, 0.15) is 4.90 Å². The second-order valence-electron chi connectivity index (χ2n) is 9.00. The van der Waals surface area contributed by atoms with Crippen LogP contribution in [0.2, 0.25) is 0 Å². The molecule has 1 aromatic rings. The van der Waals surface area contributed by atoms with Crippen LogP contribution >= 0.6 is 0 Å². The van der Waals surface area contributed by atoms with Gasteiger partial charge in [0.2, 0.25) is 15.9 Å². The summed E-state index contributed by atoms with van der Waals surface area (Å²) in [6, 6.07) is 6.19. The lowest BCUT2D eigenvalue weighted by Crippen LogP contribution is -2.42. The van der Waals surface area contributed by atoms with Gasteiger partial charge in [-0.3, -0.25) is 14.4 Å². The van der Waals surface area contributed by atoms with Crippen molar-refractivity contribution in [2.75, 3.05) is 32.1 Å². The Morgan fingerprint density at radius 1 is 1.09 bits per heavy atom. The molecule has 0 spiro atoms. The molecule has 188 valence electrons. The first kappa shape index (κ1) is 26.2. The second-order valence-corrected chi connectivity index (χ2v) is 11.0. The third-order valence-electron chi connectivity index (χ3n) is 6.66. The molecule has 1 aromatic carbocycles. The lowest BCUT2D eigenvalue weighted by atomic mass is 9.96. The molecule has 1 heterocycles. The van der Waals surface area contributed by atoms with Gasteiger partial charge in [0, 0.05) is 32.6 Å². The first-order valence-corrected chi connectivity index (χ1v) is 13.5. The maximum Gasteiger partial charge on any atom is 0.311 e. The minimum absolute atomic E-state index is 0.00810. The number of nitrogens with zero attached hydrogens (tertiary/aromatic N) is 2. The van der Waals surface area contributed by atoms with Gasteiger partial charge in [-0.1, -0.05) is 38.3 Å². The largest absolute Gasteiger partial charge is 0.455 e. The Morgan fingerprint density at radius 3 is 2.50 bits per heavy atom. The van der Waals surface area contributed by atoms with Gasteiger partial charge in [0.25, 0.3) is 5.91 Å². The van der Waals surface area contributed by atoms with Crippen molar-refractivity contribution in [3.8, 4) is 0 Å². The first-order chi connectivity index (χ1) is 16.2. The number of hydrogen-bond acceptors (Lipinski definition) is 6. The average Bonchev–Trinajstić information content (AvgIpc) is 2.87. The minimum atomic E-state index is -3.81. The topological polar surface area (TPSA) is 113 Å². The molecular weight excluding hydrogens is 458 g/mol. The summed E-state index contributed by atoms with van der Waals surface area (Å²) in [5.74, 6) is -1.62. The average molecular weight is 494 g/mol. The van der Waals surface area contributed by atoms with Gasteiger partial charge < -0.3 is 15.0 Å². The van der Waals surface area contributed by atoms with E-state index in [2.05, 4.69) is 5.32 Å². The van der Waals surface area contributed by atoms with Crippen LogP contribution in [-0.2, 0) is 29.1 Å². The zero-order valence-corrected chi connectivity index (χ0v) is 20.8. The van der Waals surface area contributed by atoms with Crippen LogP contribution in [0.1, 0.15) is 58.3 Å². The van der Waals surface area contributed by atoms with E-state index in [4.69, 9.17) is 4.74 Å². The standard InChI is InChI=1S/C24H35N3O6S/c1-3-23(29)27-15-9-10-18(16-27)24(30)33-17-22(28)25-20-13-7-8-14-21(20)34(31,32)26(2)19-11-5-4-6-12-19/h7-8,13-14,18-19H,3-6,9-12,15-17H2,1-2H3,(H,25,28). The highest BCUT2D eigenvalue weighted by molar-refractivity contribution is 7.89. The molecule has 1 unspecified atom stereocenters. The predicted molar refractivity (Wildman–Crippen MR) is 127 cm³/mol. The van der Waals surface area contributed by atoms with E-state index >= 15 is 0 Å². The molecule has 0 aromatic heterocycles. The van der Waals surface area contributed by atoms with Crippen molar-refractivity contribution in [3.05, 3.63) is 24.3 Å². The van der Waals surface area contributed by atoms with Gasteiger partial charge >= 0.3 is 5.97 Å². The Morgan fingerprint density at radius 2 is 1.79 bits per heavy atom. The van der Waals surface area contributed by atoms with Crippen LogP contribution in [0.3, 0.4) is 0 Å². The zero-order chi connectivity index (χ0) is 24.7. The maximum atomic E-state index is 13.3. The Bertz CT molecular complexity index is 990. The number of amides is 2. The number of hydrogen-bond donors (Lipinski definition) is 1. The smallest absolute Gasteiger partial charge is 0.311 e. The highest BCUT2D eigenvalue weighted by atomic mass is 32.2. The maximum absolute atomic E-state index is 13.3. The summed E-state index contributed by atoms with van der Waals surface area (Å²) < 4.78 is 33.2. The zero-order valence-electron chi connectivity index (χ0n) is 20.0. The lowest BCUT2D eigenvalue weighted by molar-refractivity contribution is -0.154. The molecule has 0 radical (unpaired) electrons. The van der Waals surface area contributed by atoms with Crippen LogP contribution in [0.15, 0.2) is 29.2 Å². The van der Waals surface area contributed by atoms with Crippen molar-refractivity contribution in [1.82, 2.24) is 9.21 Å². The van der Waals surface area contributed by atoms with E-state index < -0.39 is 34.4 Å². The fourth-order valence-electron chi connectivity index (χ4n) is 4.65. The van der Waals surface area contributed by atoms with Gasteiger partial charge in [-0.2, -0.15) is 4.31 Å². The molecule has 1 atom stereocenters. The molecule has 1 saturated heterocycles. The number of esters is 1. The van der Waals surface area contributed by atoms with E-state index in [9.17, 15) is 22.8 Å². The summed E-state index contributed by atoms with van der Waals surface area (Å²) in [4.78, 5) is 38.6. The van der Waals surface area contributed by atoms with Crippen molar-refractivity contribution in [2.45, 2.75) is 69.2 Å². The summed E-state index contributed by atoms with van der Waals surface area (Å²) in [7, 11) is -2.22. The molecule has 2 fully saturated rings. The van der Waals surface area contributed by atoms with E-state index in [1.54, 1.807) is 31.0 Å². The van der Waals surface area contributed by atoms with Crippen molar-refractivity contribution < 1.29 is 27.5 Å². The molecule has 9 nitrogen and oxygen atoms in total. The Kier molecular flexibility index (Phi) is 9.07. The normalized spacial score (nSPS) is 19.6. The number of para-hydroxylation sites is 1. The van der Waals surface area contributed by atoms with Gasteiger partial charge in [0.05, 0.1) is 11.6 Å². The number of anilines is 1. The minimum Gasteiger partial charge on any atom is -0.455 e. The number of carbonyl (C=O) groups excluding carboxylic acids is 3. The number of rotatable bonds is 8. The summed E-state index contributed by atoms with van der Waals surface area (Å²) in [6.07, 6.45) is 6.44. The van der Waals surface area contributed by atoms with Gasteiger partial charge in [-0.15, -0.1) is 0 Å². The second kappa shape index (κ2) is 11.8. The molecule has 1 aliphatic heterocycles. The van der Waals surface area contributed by atoms with E-state index in [1.807, 2.05) is 0 Å². The highest BCUT2D eigenvalue weighted by Crippen LogP contribution is 2.29. The van der Waals surface area contributed by atoms with Crippen molar-refractivity contribution in [2.24, 2.45) is 5.92 Å². The van der Waals surface area contributed by atoms with Crippen LogP contribution in [0.5, 0.6) is 0 Å². The van der Waals surface area contributed by atoms with Gasteiger partial charge in [0.15, 0.2) is 6.61 Å². The number of sulfonamides is 1. The monoisotopic (exact) mass is 493 g/mol. The summed E-state index contributed by atoms with van der Waals surface area (Å²) in [5.41, 5.74) is 0.156. The Labute approximate surface area is 201 Å². The fourth-order valence-corrected chi connectivity index (χ4v) is 6.21. The molecule has 3 rings (SSSR count). The highest BCUT2D eigenvalue weighted by Gasteiger charge is 2.32. The molecule has 2 amide bonds. The van der Waals surface area contributed by atoms with Crippen LogP contribution in [0, 0.1) is 5.92 Å². The number of ether oxygens (including phenoxy) is 1. The van der Waals surface area contributed by atoms with Crippen LogP contribution < -0.4 is 5.32 Å². The summed E-state index contributed by atoms with van der Waals surface area (Å²) in [6.45, 7) is 2.17. The van der Waals surface area contributed by atoms with Crippen LogP contribution in [0.4, 0.5) is 5.69 Å². The third-order valence-corrected chi connectivity index (χ3v) is 8.63. The van der Waals surface area contributed by atoms with Crippen molar-refractivity contribution >= 4 is 33.5 Å². The molecule has 2 aliphatic rings. The molecule has 1 aliphatic carbocycles. The fraction of sp³-hybridized carbons (Fsp3) is 0.625. The number of nitrogens with one attached hydrogen (secondary N) is 1. The predicted octanol–water partition coefficient (Wildman–Crippen LogP) is 2.77. The van der Waals surface area contributed by atoms with E-state index in [1.165, 1.54) is 16.4 Å². The van der Waals surface area contributed by atoms with Gasteiger partial charge in [-0.25, -0.2) is 8.42 Å². The van der Waals surface area contributed by atoms with Crippen molar-refractivity contribution in [3.63, 3.8) is 0 Å². The number of piperidine rings is 1. The summed E-state index contributed by atoms with van der Waals surface area (Å²) in [5, 5.41) is 2.58. The van der Waals surface area contributed by atoms with Crippen molar-refractivity contribution in [1.29, 1.82) is 0 Å². The Balaban J connectivity index is 1.60. The van der Waals surface area contributed by atoms with E-state index in [0.717, 1.165) is 32.1 Å². The van der Waals surface area contributed by atoms with E-state index in [0.29, 0.717) is 32.4 Å². The quantitative estimate of drug-likeness (QED) is 0.557.